The Balaban J connectivity index is 2.10. The maximum Gasteiger partial charge on any atom is 0.227 e. The molecule has 0 unspecified atom stereocenters. The molecule has 0 aliphatic rings. The second-order valence-electron chi connectivity index (χ2n) is 6.33. The molecule has 22 heavy (non-hydrogen) atoms. The van der Waals surface area contributed by atoms with Gasteiger partial charge in [-0.1, -0.05) is 31.9 Å². The van der Waals surface area contributed by atoms with E-state index in [4.69, 9.17) is 4.42 Å². The van der Waals surface area contributed by atoms with Crippen LogP contribution in [0.25, 0.3) is 11.0 Å². The molecule has 0 saturated heterocycles. The van der Waals surface area contributed by atoms with E-state index in [2.05, 4.69) is 26.8 Å². The number of hydrogen-bond donors (Lipinski definition) is 0. The van der Waals surface area contributed by atoms with Crippen LogP contribution in [0.4, 0.5) is 0 Å². The number of carbonyl (C=O) groups excluding carboxylic acids is 1. The SMILES string of the molecule is CCCCCN(C(=O)Cc1coc2cc(C)ccc12)C(C)C. The molecule has 1 aromatic carbocycles. The third kappa shape index (κ3) is 3.90. The molecule has 1 amide bonds. The number of nitrogens with zero attached hydrogens (tertiary/aromatic N) is 1. The van der Waals surface area contributed by atoms with Crippen LogP contribution in [0.3, 0.4) is 0 Å². The van der Waals surface area contributed by atoms with Gasteiger partial charge in [-0.3, -0.25) is 4.79 Å². The van der Waals surface area contributed by atoms with Crippen molar-refractivity contribution in [2.24, 2.45) is 0 Å². The third-order valence-corrected chi connectivity index (χ3v) is 4.10. The molecule has 0 N–H and O–H groups in total. The molecule has 1 heterocycles. The summed E-state index contributed by atoms with van der Waals surface area (Å²) in [5, 5.41) is 1.05. The summed E-state index contributed by atoms with van der Waals surface area (Å²) >= 11 is 0. The summed E-state index contributed by atoms with van der Waals surface area (Å²) in [7, 11) is 0. The Morgan fingerprint density at radius 1 is 1.27 bits per heavy atom. The zero-order chi connectivity index (χ0) is 16.1. The first-order valence-corrected chi connectivity index (χ1v) is 8.29. The van der Waals surface area contributed by atoms with E-state index in [1.165, 1.54) is 18.4 Å². The average molecular weight is 301 g/mol. The van der Waals surface area contributed by atoms with Gasteiger partial charge in [0.1, 0.15) is 5.58 Å². The van der Waals surface area contributed by atoms with Crippen molar-refractivity contribution < 1.29 is 9.21 Å². The molecule has 1 aromatic heterocycles. The lowest BCUT2D eigenvalue weighted by molar-refractivity contribution is -0.132. The van der Waals surface area contributed by atoms with Crippen molar-refractivity contribution in [2.45, 2.75) is 59.4 Å². The highest BCUT2D eigenvalue weighted by Crippen LogP contribution is 2.23. The van der Waals surface area contributed by atoms with Gasteiger partial charge in [-0.2, -0.15) is 0 Å². The number of fused-ring (bicyclic) bond motifs is 1. The van der Waals surface area contributed by atoms with Crippen LogP contribution in [0.5, 0.6) is 0 Å². The zero-order valence-corrected chi connectivity index (χ0v) is 14.2. The summed E-state index contributed by atoms with van der Waals surface area (Å²) in [5.41, 5.74) is 3.02. The first-order valence-electron chi connectivity index (χ1n) is 8.29. The Labute approximate surface area is 133 Å². The fraction of sp³-hybridized carbons (Fsp3) is 0.526. The third-order valence-electron chi connectivity index (χ3n) is 4.10. The van der Waals surface area contributed by atoms with Crippen molar-refractivity contribution in [2.75, 3.05) is 6.54 Å². The molecule has 2 rings (SSSR count). The summed E-state index contributed by atoms with van der Waals surface area (Å²) in [6.07, 6.45) is 5.56. The molecule has 120 valence electrons. The highest BCUT2D eigenvalue weighted by Gasteiger charge is 2.18. The molecule has 0 spiro atoms. The minimum absolute atomic E-state index is 0.189. The predicted octanol–water partition coefficient (Wildman–Crippen LogP) is 4.71. The number of benzene rings is 1. The average Bonchev–Trinajstić information content (AvgIpc) is 2.85. The van der Waals surface area contributed by atoms with Gasteiger partial charge in [0.25, 0.3) is 0 Å². The number of hydrogen-bond acceptors (Lipinski definition) is 2. The monoisotopic (exact) mass is 301 g/mol. The smallest absolute Gasteiger partial charge is 0.227 e. The molecule has 0 fully saturated rings. The minimum atomic E-state index is 0.189. The van der Waals surface area contributed by atoms with Crippen molar-refractivity contribution in [3.8, 4) is 0 Å². The number of rotatable bonds is 7. The molecule has 3 nitrogen and oxygen atoms in total. The van der Waals surface area contributed by atoms with Gasteiger partial charge in [0.05, 0.1) is 12.7 Å². The lowest BCUT2D eigenvalue weighted by atomic mass is 10.1. The number of aryl methyl sites for hydroxylation is 1. The van der Waals surface area contributed by atoms with Crippen molar-refractivity contribution in [3.05, 3.63) is 35.6 Å². The van der Waals surface area contributed by atoms with E-state index >= 15 is 0 Å². The van der Waals surface area contributed by atoms with Crippen LogP contribution in [0, 0.1) is 6.92 Å². The summed E-state index contributed by atoms with van der Waals surface area (Å²) < 4.78 is 5.60. The molecule has 0 saturated carbocycles. The van der Waals surface area contributed by atoms with Crippen LogP contribution in [-0.4, -0.2) is 23.4 Å². The Morgan fingerprint density at radius 2 is 2.05 bits per heavy atom. The first-order chi connectivity index (χ1) is 10.5. The van der Waals surface area contributed by atoms with Crippen LogP contribution in [0.2, 0.25) is 0 Å². The number of furan rings is 1. The number of unbranched alkanes of at least 4 members (excludes halogenated alkanes) is 2. The number of carbonyl (C=O) groups is 1. The van der Waals surface area contributed by atoms with Gasteiger partial charge in [0.15, 0.2) is 0 Å². The summed E-state index contributed by atoms with van der Waals surface area (Å²) in [6, 6.07) is 6.37. The van der Waals surface area contributed by atoms with Gasteiger partial charge in [0, 0.05) is 23.5 Å². The topological polar surface area (TPSA) is 33.5 Å². The normalized spacial score (nSPS) is 11.3. The van der Waals surface area contributed by atoms with Crippen LogP contribution in [0.1, 0.15) is 51.2 Å². The fourth-order valence-electron chi connectivity index (χ4n) is 2.79. The number of amides is 1. The van der Waals surface area contributed by atoms with E-state index in [1.807, 2.05) is 24.0 Å². The van der Waals surface area contributed by atoms with Gasteiger partial charge < -0.3 is 9.32 Å². The van der Waals surface area contributed by atoms with Gasteiger partial charge in [-0.25, -0.2) is 0 Å². The molecule has 2 aromatic rings. The maximum atomic E-state index is 12.6. The van der Waals surface area contributed by atoms with Gasteiger partial charge in [0.2, 0.25) is 5.91 Å². The Morgan fingerprint density at radius 3 is 2.73 bits per heavy atom. The van der Waals surface area contributed by atoms with Crippen molar-refractivity contribution in [1.29, 1.82) is 0 Å². The van der Waals surface area contributed by atoms with E-state index in [0.29, 0.717) is 6.42 Å². The maximum absolute atomic E-state index is 12.6. The molecule has 0 atom stereocenters. The van der Waals surface area contributed by atoms with Gasteiger partial charge >= 0.3 is 0 Å². The van der Waals surface area contributed by atoms with E-state index in [0.717, 1.165) is 29.5 Å². The Kier molecular flexibility index (Phi) is 5.64. The lowest BCUT2D eigenvalue weighted by Gasteiger charge is -2.26. The van der Waals surface area contributed by atoms with Crippen molar-refractivity contribution in [3.63, 3.8) is 0 Å². The van der Waals surface area contributed by atoms with Gasteiger partial charge in [-0.05, 0) is 38.8 Å². The van der Waals surface area contributed by atoms with E-state index in [9.17, 15) is 4.79 Å². The van der Waals surface area contributed by atoms with Crippen LogP contribution in [0.15, 0.2) is 28.9 Å². The molecule has 3 heteroatoms. The second-order valence-corrected chi connectivity index (χ2v) is 6.33. The van der Waals surface area contributed by atoms with Crippen molar-refractivity contribution in [1.82, 2.24) is 4.90 Å². The largest absolute Gasteiger partial charge is 0.464 e. The highest BCUT2D eigenvalue weighted by molar-refractivity contribution is 5.88. The molecule has 0 radical (unpaired) electrons. The molecule has 0 bridgehead atoms. The van der Waals surface area contributed by atoms with E-state index < -0.39 is 0 Å². The van der Waals surface area contributed by atoms with E-state index in [1.54, 1.807) is 6.26 Å². The van der Waals surface area contributed by atoms with Crippen molar-refractivity contribution >= 4 is 16.9 Å². The minimum Gasteiger partial charge on any atom is -0.464 e. The molecule has 0 aliphatic heterocycles. The lowest BCUT2D eigenvalue weighted by Crippen LogP contribution is -2.38. The molecular weight excluding hydrogens is 274 g/mol. The first kappa shape index (κ1) is 16.6. The standard InChI is InChI=1S/C19H27NO2/c1-5-6-7-10-20(14(2)3)19(21)12-16-13-22-18-11-15(4)8-9-17(16)18/h8-9,11,13-14H,5-7,10,12H2,1-4H3. The zero-order valence-electron chi connectivity index (χ0n) is 14.2. The van der Waals surface area contributed by atoms with E-state index in [-0.39, 0.29) is 11.9 Å². The second kappa shape index (κ2) is 7.48. The van der Waals surface area contributed by atoms with Crippen LogP contribution >= 0.6 is 0 Å². The predicted molar refractivity (Wildman–Crippen MR) is 91.0 cm³/mol. The molecular formula is C19H27NO2. The Hall–Kier alpha value is -1.77. The highest BCUT2D eigenvalue weighted by atomic mass is 16.3. The summed E-state index contributed by atoms with van der Waals surface area (Å²) in [5.74, 6) is 0.189. The molecule has 0 aliphatic carbocycles. The Bertz CT molecular complexity index is 627. The van der Waals surface area contributed by atoms with Crippen LogP contribution < -0.4 is 0 Å². The van der Waals surface area contributed by atoms with Crippen LogP contribution in [-0.2, 0) is 11.2 Å². The quantitative estimate of drug-likeness (QED) is 0.694. The summed E-state index contributed by atoms with van der Waals surface area (Å²) in [4.78, 5) is 14.6. The summed E-state index contributed by atoms with van der Waals surface area (Å²) in [6.45, 7) is 9.24. The fourth-order valence-corrected chi connectivity index (χ4v) is 2.79. The van der Waals surface area contributed by atoms with Gasteiger partial charge in [-0.15, -0.1) is 0 Å².